The van der Waals surface area contributed by atoms with Crippen LogP contribution in [0.5, 0.6) is 0 Å². The minimum atomic E-state index is -0.158. The van der Waals surface area contributed by atoms with E-state index in [0.717, 1.165) is 31.2 Å². The van der Waals surface area contributed by atoms with Gasteiger partial charge in [0, 0.05) is 36.6 Å². The zero-order valence-corrected chi connectivity index (χ0v) is 16.1. The zero-order valence-electron chi connectivity index (χ0n) is 16.1. The fraction of sp³-hybridized carbons (Fsp3) is 0.600. The second-order valence-electron chi connectivity index (χ2n) is 7.76. The average Bonchev–Trinajstić information content (AvgIpc) is 3.52. The van der Waals surface area contributed by atoms with Gasteiger partial charge in [-0.2, -0.15) is 0 Å². The van der Waals surface area contributed by atoms with Gasteiger partial charge in [0.25, 0.3) is 0 Å². The van der Waals surface area contributed by atoms with Crippen LogP contribution in [0.4, 0.5) is 4.79 Å². The Balaban J connectivity index is 1.37. The van der Waals surface area contributed by atoms with Gasteiger partial charge in [-0.05, 0) is 37.8 Å². The predicted octanol–water partition coefficient (Wildman–Crippen LogP) is 2.46. The van der Waals surface area contributed by atoms with Crippen molar-refractivity contribution in [2.45, 2.75) is 70.0 Å². The number of rotatable bonds is 6. The Bertz CT molecular complexity index is 847. The SMILES string of the molecule is O=C(NCCn1nc(-c2cccnc2)n(C2CC2)c1=O)NC1CCCCCC1. The topological polar surface area (TPSA) is 93.8 Å². The van der Waals surface area contributed by atoms with E-state index in [1.54, 1.807) is 17.0 Å². The molecule has 0 aliphatic heterocycles. The Morgan fingerprint density at radius 2 is 1.93 bits per heavy atom. The molecule has 2 heterocycles. The minimum absolute atomic E-state index is 0.118. The molecular weight excluding hydrogens is 356 g/mol. The number of hydrogen-bond acceptors (Lipinski definition) is 4. The van der Waals surface area contributed by atoms with E-state index in [1.807, 2.05) is 12.1 Å². The van der Waals surface area contributed by atoms with Gasteiger partial charge in [-0.15, -0.1) is 5.10 Å². The lowest BCUT2D eigenvalue weighted by Gasteiger charge is -2.16. The molecule has 2 aromatic heterocycles. The number of carbonyl (C=O) groups excluding carboxylic acids is 1. The van der Waals surface area contributed by atoms with Crippen LogP contribution in [-0.4, -0.2) is 37.9 Å². The first-order valence-corrected chi connectivity index (χ1v) is 10.4. The van der Waals surface area contributed by atoms with Gasteiger partial charge in [0.05, 0.1) is 6.54 Å². The highest BCUT2D eigenvalue weighted by atomic mass is 16.2. The molecule has 2 fully saturated rings. The van der Waals surface area contributed by atoms with Gasteiger partial charge in [0.2, 0.25) is 0 Å². The quantitative estimate of drug-likeness (QED) is 0.748. The van der Waals surface area contributed by atoms with Crippen molar-refractivity contribution in [2.75, 3.05) is 6.54 Å². The van der Waals surface area contributed by atoms with E-state index in [1.165, 1.54) is 30.4 Å². The van der Waals surface area contributed by atoms with Crippen LogP contribution in [0.15, 0.2) is 29.3 Å². The van der Waals surface area contributed by atoms with Crippen LogP contribution in [0, 0.1) is 0 Å². The first kappa shape index (κ1) is 18.7. The standard InChI is InChI=1S/C20H28N6O2/c27-19(23-16-7-3-1-2-4-8-16)22-12-13-25-20(28)26(17-9-10-17)18(24-25)15-6-5-11-21-14-15/h5-6,11,14,16-17H,1-4,7-10,12-13H2,(H2,22,23,27). The van der Waals surface area contributed by atoms with Crippen LogP contribution in [0.2, 0.25) is 0 Å². The molecule has 2 aliphatic rings. The van der Waals surface area contributed by atoms with Crippen LogP contribution < -0.4 is 16.3 Å². The lowest BCUT2D eigenvalue weighted by Crippen LogP contribution is -2.43. The molecule has 28 heavy (non-hydrogen) atoms. The monoisotopic (exact) mass is 384 g/mol. The van der Waals surface area contributed by atoms with Gasteiger partial charge in [0.15, 0.2) is 5.82 Å². The first-order chi connectivity index (χ1) is 13.7. The Hall–Kier alpha value is -2.64. The van der Waals surface area contributed by atoms with Crippen molar-refractivity contribution in [3.05, 3.63) is 35.0 Å². The molecule has 0 bridgehead atoms. The molecule has 2 N–H and O–H groups in total. The third kappa shape index (κ3) is 4.43. The summed E-state index contributed by atoms with van der Waals surface area (Å²) >= 11 is 0. The third-order valence-electron chi connectivity index (χ3n) is 5.50. The Kier molecular flexibility index (Phi) is 5.73. The van der Waals surface area contributed by atoms with Crippen LogP contribution in [0.1, 0.15) is 57.4 Å². The molecule has 2 aliphatic carbocycles. The number of carbonyl (C=O) groups is 1. The summed E-state index contributed by atoms with van der Waals surface area (Å²) in [5.41, 5.74) is 0.719. The van der Waals surface area contributed by atoms with Crippen molar-refractivity contribution < 1.29 is 4.79 Å². The number of aromatic nitrogens is 4. The Morgan fingerprint density at radius 1 is 1.14 bits per heavy atom. The smallest absolute Gasteiger partial charge is 0.336 e. The van der Waals surface area contributed by atoms with E-state index < -0.39 is 0 Å². The third-order valence-corrected chi connectivity index (χ3v) is 5.50. The van der Waals surface area contributed by atoms with Crippen molar-refractivity contribution in [3.8, 4) is 11.4 Å². The van der Waals surface area contributed by atoms with Crippen LogP contribution in [0.3, 0.4) is 0 Å². The number of nitrogens with one attached hydrogen (secondary N) is 2. The second kappa shape index (κ2) is 8.58. The highest BCUT2D eigenvalue weighted by Gasteiger charge is 2.30. The maximum Gasteiger partial charge on any atom is 0.346 e. The summed E-state index contributed by atoms with van der Waals surface area (Å²) in [4.78, 5) is 29.1. The summed E-state index contributed by atoms with van der Waals surface area (Å²) in [6, 6.07) is 4.08. The Morgan fingerprint density at radius 3 is 2.61 bits per heavy atom. The molecule has 0 unspecified atom stereocenters. The normalized spacial score (nSPS) is 17.9. The fourth-order valence-electron chi connectivity index (χ4n) is 3.86. The van der Waals surface area contributed by atoms with E-state index in [9.17, 15) is 9.59 Å². The molecule has 0 spiro atoms. The molecule has 8 heteroatoms. The summed E-state index contributed by atoms with van der Waals surface area (Å²) in [5, 5.41) is 10.4. The summed E-state index contributed by atoms with van der Waals surface area (Å²) in [7, 11) is 0. The average molecular weight is 384 g/mol. The van der Waals surface area contributed by atoms with E-state index in [0.29, 0.717) is 18.9 Å². The van der Waals surface area contributed by atoms with Gasteiger partial charge in [-0.1, -0.05) is 25.7 Å². The number of nitrogens with zero attached hydrogens (tertiary/aromatic N) is 4. The lowest BCUT2D eigenvalue weighted by molar-refractivity contribution is 0.235. The van der Waals surface area contributed by atoms with Crippen molar-refractivity contribution >= 4 is 6.03 Å². The largest absolute Gasteiger partial charge is 0.346 e. The van der Waals surface area contributed by atoms with Crippen molar-refractivity contribution in [1.29, 1.82) is 0 Å². The van der Waals surface area contributed by atoms with Gasteiger partial charge in [0.1, 0.15) is 0 Å². The van der Waals surface area contributed by atoms with Gasteiger partial charge in [-0.3, -0.25) is 9.55 Å². The second-order valence-corrected chi connectivity index (χ2v) is 7.76. The van der Waals surface area contributed by atoms with Crippen LogP contribution in [0.25, 0.3) is 11.4 Å². The van der Waals surface area contributed by atoms with Gasteiger partial charge < -0.3 is 10.6 Å². The van der Waals surface area contributed by atoms with Crippen molar-refractivity contribution in [3.63, 3.8) is 0 Å². The predicted molar refractivity (Wildman–Crippen MR) is 106 cm³/mol. The molecule has 0 aromatic carbocycles. The highest BCUT2D eigenvalue weighted by molar-refractivity contribution is 5.74. The van der Waals surface area contributed by atoms with Gasteiger partial charge in [-0.25, -0.2) is 14.3 Å². The van der Waals surface area contributed by atoms with Crippen molar-refractivity contribution in [2.24, 2.45) is 0 Å². The van der Waals surface area contributed by atoms with E-state index in [2.05, 4.69) is 20.7 Å². The molecule has 8 nitrogen and oxygen atoms in total. The fourth-order valence-corrected chi connectivity index (χ4v) is 3.86. The summed E-state index contributed by atoms with van der Waals surface area (Å²) in [6.45, 7) is 0.719. The van der Waals surface area contributed by atoms with E-state index in [-0.39, 0.29) is 23.8 Å². The Labute approximate surface area is 164 Å². The molecule has 150 valence electrons. The summed E-state index contributed by atoms with van der Waals surface area (Å²) in [5.74, 6) is 0.656. The molecule has 2 amide bonds. The number of hydrogen-bond donors (Lipinski definition) is 2. The first-order valence-electron chi connectivity index (χ1n) is 10.4. The van der Waals surface area contributed by atoms with Crippen LogP contribution >= 0.6 is 0 Å². The maximum atomic E-state index is 12.8. The van der Waals surface area contributed by atoms with E-state index >= 15 is 0 Å². The van der Waals surface area contributed by atoms with Crippen molar-refractivity contribution in [1.82, 2.24) is 30.0 Å². The maximum absolute atomic E-state index is 12.8. The highest BCUT2D eigenvalue weighted by Crippen LogP contribution is 2.36. The lowest BCUT2D eigenvalue weighted by atomic mass is 10.1. The number of urea groups is 1. The molecule has 2 saturated carbocycles. The zero-order chi connectivity index (χ0) is 19.3. The van der Waals surface area contributed by atoms with E-state index in [4.69, 9.17) is 0 Å². The number of amides is 2. The van der Waals surface area contributed by atoms with Crippen LogP contribution in [-0.2, 0) is 6.54 Å². The molecule has 4 rings (SSSR count). The number of pyridine rings is 1. The molecular formula is C20H28N6O2. The summed E-state index contributed by atoms with van der Waals surface area (Å²) in [6.07, 6.45) is 12.4. The summed E-state index contributed by atoms with van der Waals surface area (Å²) < 4.78 is 3.22. The minimum Gasteiger partial charge on any atom is -0.336 e. The molecule has 0 saturated heterocycles. The molecule has 0 radical (unpaired) electrons. The van der Waals surface area contributed by atoms with Gasteiger partial charge >= 0.3 is 11.7 Å². The molecule has 2 aromatic rings. The molecule has 0 atom stereocenters.